The van der Waals surface area contributed by atoms with Crippen molar-refractivity contribution in [3.63, 3.8) is 0 Å². The second kappa shape index (κ2) is 23.5. The van der Waals surface area contributed by atoms with Crippen LogP contribution in [-0.2, 0) is 47.6 Å². The molecule has 0 aromatic rings. The second-order valence-electron chi connectivity index (χ2n) is 16.5. The topological polar surface area (TPSA) is 147 Å². The summed E-state index contributed by atoms with van der Waals surface area (Å²) in [7, 11) is 0. The lowest BCUT2D eigenvalue weighted by Gasteiger charge is -2.50. The summed E-state index contributed by atoms with van der Waals surface area (Å²) >= 11 is 0. The summed E-state index contributed by atoms with van der Waals surface area (Å²) in [5.74, 6) is -1.06. The van der Waals surface area contributed by atoms with Crippen LogP contribution in [0.15, 0.2) is 0 Å². The third-order valence-electron chi connectivity index (χ3n) is 14.6. The number of carboxylic acids is 1. The lowest BCUT2D eigenvalue weighted by Crippen LogP contribution is -2.50. The fourth-order valence-electron chi connectivity index (χ4n) is 12.8. The number of esters is 3. The molecule has 57 heavy (non-hydrogen) atoms. The molecular formula is C46H88O11. The van der Waals surface area contributed by atoms with E-state index in [9.17, 15) is 24.3 Å². The average molecular weight is 817 g/mol. The van der Waals surface area contributed by atoms with Crippen molar-refractivity contribution in [2.24, 2.45) is 94.7 Å². The van der Waals surface area contributed by atoms with Gasteiger partial charge in [0.2, 0.25) is 0 Å². The third kappa shape index (κ3) is 10.6. The molecular weight excluding hydrogens is 728 g/mol. The zero-order valence-electron chi connectivity index (χ0n) is 29.5. The number of carbonyl (C=O) groups is 4. The summed E-state index contributed by atoms with van der Waals surface area (Å²) in [5.41, 5.74) is 0. The van der Waals surface area contributed by atoms with Gasteiger partial charge in [0.1, 0.15) is 12.7 Å². The first kappa shape index (κ1) is 56.9. The molecule has 6 saturated carbocycles. The molecule has 11 nitrogen and oxygen atoms in total. The van der Waals surface area contributed by atoms with E-state index < -0.39 is 29.7 Å². The standard InChI is InChI=1S/C38H56O11.8CH4/c1-5-44-16-48-36(41)19(4)30(38(43)49-17-45-6-2)31-20-7-8-21(9-20)32(31)34-26-12-23(13-28(26)37(42)47-15-24-14-46-24)33(34)29-18(3)22-10-25(29)27(11-22)35(39)40;;;;;;;;/h18-34H,5-17H2,1-4H3,(H,39,40);8*1H4. The molecule has 0 aromatic heterocycles. The van der Waals surface area contributed by atoms with Crippen molar-refractivity contribution in [1.82, 2.24) is 0 Å². The van der Waals surface area contributed by atoms with E-state index in [0.717, 1.165) is 44.9 Å². The van der Waals surface area contributed by atoms with E-state index >= 15 is 0 Å². The first-order chi connectivity index (χ1) is 23.6. The van der Waals surface area contributed by atoms with E-state index in [4.69, 9.17) is 28.4 Å². The van der Waals surface area contributed by atoms with E-state index in [1.165, 1.54) is 0 Å². The van der Waals surface area contributed by atoms with Gasteiger partial charge in [0.25, 0.3) is 0 Å². The van der Waals surface area contributed by atoms with Crippen molar-refractivity contribution < 1.29 is 52.7 Å². The highest BCUT2D eigenvalue weighted by atomic mass is 16.7. The van der Waals surface area contributed by atoms with Gasteiger partial charge in [-0.1, -0.05) is 73.3 Å². The highest BCUT2D eigenvalue weighted by Gasteiger charge is 2.68. The van der Waals surface area contributed by atoms with Crippen LogP contribution >= 0.6 is 0 Å². The van der Waals surface area contributed by atoms with Gasteiger partial charge in [0.15, 0.2) is 13.6 Å². The van der Waals surface area contributed by atoms with Crippen molar-refractivity contribution in [2.75, 3.05) is 40.0 Å². The molecule has 6 aliphatic carbocycles. The number of carbonyl (C=O) groups excluding carboxylic acids is 3. The van der Waals surface area contributed by atoms with Crippen molar-refractivity contribution >= 4 is 23.9 Å². The number of rotatable bonds is 16. The number of ether oxygens (including phenoxy) is 6. The maximum absolute atomic E-state index is 14.1. The fourth-order valence-corrected chi connectivity index (χ4v) is 12.8. The molecule has 7 rings (SSSR count). The van der Waals surface area contributed by atoms with E-state index in [-0.39, 0.29) is 151 Å². The van der Waals surface area contributed by atoms with Gasteiger partial charge in [0, 0.05) is 13.2 Å². The zero-order valence-corrected chi connectivity index (χ0v) is 29.5. The summed E-state index contributed by atoms with van der Waals surface area (Å²) in [6, 6.07) is 0. The number of aliphatic carboxylic acids is 1. The molecule has 338 valence electrons. The number of carboxylic acid groups (broad SMARTS) is 1. The van der Waals surface area contributed by atoms with Gasteiger partial charge in [-0.25, -0.2) is 0 Å². The Bertz CT molecular complexity index is 1250. The molecule has 1 saturated heterocycles. The number of fused-ring (bicyclic) bond motifs is 6. The van der Waals surface area contributed by atoms with Gasteiger partial charge in [-0.05, 0) is 130 Å². The molecule has 0 aromatic carbocycles. The zero-order chi connectivity index (χ0) is 34.6. The minimum Gasteiger partial charge on any atom is -0.481 e. The Balaban J connectivity index is 0. The summed E-state index contributed by atoms with van der Waals surface area (Å²) < 4.78 is 33.1. The van der Waals surface area contributed by atoms with Crippen LogP contribution < -0.4 is 0 Å². The maximum Gasteiger partial charge on any atom is 0.312 e. The molecule has 0 spiro atoms. The highest BCUT2D eigenvalue weighted by Crippen LogP contribution is 2.71. The monoisotopic (exact) mass is 817 g/mol. The minimum atomic E-state index is -0.754. The average Bonchev–Trinajstić information content (AvgIpc) is 3.62. The third-order valence-corrected chi connectivity index (χ3v) is 14.6. The lowest BCUT2D eigenvalue weighted by molar-refractivity contribution is -0.178. The maximum atomic E-state index is 14.1. The molecule has 11 heteroatoms. The molecule has 7 fully saturated rings. The Hall–Kier alpha value is -2.24. The molecule has 1 N–H and O–H groups in total. The van der Waals surface area contributed by atoms with E-state index in [0.29, 0.717) is 43.5 Å². The predicted molar refractivity (Wildman–Crippen MR) is 227 cm³/mol. The SMILES string of the molecule is C.C.C.C.C.C.C.C.CCOCOC(=O)C(C)C(C(=O)OCOCC)C1C2CCC(C2)C1C1C2CC(CC2C(=O)OCC2CO2)C1C1C(C)C2CC(C(=O)O)C1C2. The van der Waals surface area contributed by atoms with E-state index in [1.54, 1.807) is 6.92 Å². The summed E-state index contributed by atoms with van der Waals surface area (Å²) in [6.45, 7) is 9.15. The van der Waals surface area contributed by atoms with Gasteiger partial charge in [-0.15, -0.1) is 0 Å². The van der Waals surface area contributed by atoms with Crippen LogP contribution in [0.5, 0.6) is 0 Å². The molecule has 6 bridgehead atoms. The molecule has 7 aliphatic rings. The van der Waals surface area contributed by atoms with Gasteiger partial charge in [-0.3, -0.25) is 19.2 Å². The van der Waals surface area contributed by atoms with Crippen LogP contribution in [-0.4, -0.2) is 75.1 Å². The molecule has 17 atom stereocenters. The Morgan fingerprint density at radius 2 is 1.19 bits per heavy atom. The summed E-state index contributed by atoms with van der Waals surface area (Å²) in [6.07, 6.45) is 6.47. The van der Waals surface area contributed by atoms with Crippen molar-refractivity contribution in [3.8, 4) is 0 Å². The lowest BCUT2D eigenvalue weighted by atomic mass is 9.53. The first-order valence-corrected chi connectivity index (χ1v) is 19.1. The van der Waals surface area contributed by atoms with Crippen molar-refractivity contribution in [2.45, 2.75) is 138 Å². The highest BCUT2D eigenvalue weighted by molar-refractivity contribution is 5.82. The number of hydrogen-bond acceptors (Lipinski definition) is 10. The smallest absolute Gasteiger partial charge is 0.312 e. The van der Waals surface area contributed by atoms with Crippen LogP contribution in [0.25, 0.3) is 0 Å². The predicted octanol–water partition coefficient (Wildman–Crippen LogP) is 9.89. The summed E-state index contributed by atoms with van der Waals surface area (Å²) in [5, 5.41) is 10.3. The number of epoxide rings is 1. The van der Waals surface area contributed by atoms with Crippen LogP contribution in [0.2, 0.25) is 0 Å². The Morgan fingerprint density at radius 3 is 1.75 bits per heavy atom. The minimum absolute atomic E-state index is 0. The quantitative estimate of drug-likeness (QED) is 0.0522. The Morgan fingerprint density at radius 1 is 0.649 bits per heavy atom. The Labute approximate surface area is 348 Å². The van der Waals surface area contributed by atoms with Crippen LogP contribution in [0.3, 0.4) is 0 Å². The molecule has 1 aliphatic heterocycles. The normalized spacial score (nSPS) is 37.6. The summed E-state index contributed by atoms with van der Waals surface area (Å²) in [4.78, 5) is 53.9. The fraction of sp³-hybridized carbons (Fsp3) is 0.913. The largest absolute Gasteiger partial charge is 0.481 e. The number of hydrogen-bond donors (Lipinski definition) is 1. The van der Waals surface area contributed by atoms with Gasteiger partial charge < -0.3 is 33.5 Å². The van der Waals surface area contributed by atoms with Crippen LogP contribution in [0, 0.1) is 94.7 Å². The van der Waals surface area contributed by atoms with E-state index in [2.05, 4.69) is 6.92 Å². The second-order valence-corrected chi connectivity index (χ2v) is 16.5. The molecule has 17 unspecified atom stereocenters. The molecule has 0 amide bonds. The van der Waals surface area contributed by atoms with E-state index in [1.807, 2.05) is 13.8 Å². The molecule has 0 radical (unpaired) electrons. The van der Waals surface area contributed by atoms with Gasteiger partial charge in [-0.2, -0.15) is 0 Å². The van der Waals surface area contributed by atoms with Gasteiger partial charge in [0.05, 0.1) is 30.3 Å². The van der Waals surface area contributed by atoms with Gasteiger partial charge >= 0.3 is 23.9 Å². The first-order valence-electron chi connectivity index (χ1n) is 19.1. The van der Waals surface area contributed by atoms with Crippen molar-refractivity contribution in [3.05, 3.63) is 0 Å². The molecule has 1 heterocycles. The van der Waals surface area contributed by atoms with Crippen LogP contribution in [0.4, 0.5) is 0 Å². The van der Waals surface area contributed by atoms with Crippen LogP contribution in [0.1, 0.15) is 132 Å². The Kier molecular flexibility index (Phi) is 23.5. The van der Waals surface area contributed by atoms with Crippen molar-refractivity contribution in [1.29, 1.82) is 0 Å².